The number of aryl methyl sites for hydroxylation is 1. The highest BCUT2D eigenvalue weighted by Gasteiger charge is 2.31. The zero-order chi connectivity index (χ0) is 15.2. The van der Waals surface area contributed by atoms with Gasteiger partial charge in [0, 0.05) is 12.6 Å². The van der Waals surface area contributed by atoms with Crippen LogP contribution < -0.4 is 10.1 Å². The van der Waals surface area contributed by atoms with Crippen molar-refractivity contribution in [3.63, 3.8) is 0 Å². The summed E-state index contributed by atoms with van der Waals surface area (Å²) in [5, 5.41) is 3.64. The molecule has 3 heteroatoms. The Labute approximate surface area is 129 Å². The monoisotopic (exact) mass is 291 g/mol. The third-order valence-corrected chi connectivity index (χ3v) is 4.47. The molecule has 0 saturated heterocycles. The number of ether oxygens (including phenoxy) is 2. The fourth-order valence-electron chi connectivity index (χ4n) is 3.30. The zero-order valence-electron chi connectivity index (χ0n) is 13.8. The summed E-state index contributed by atoms with van der Waals surface area (Å²) < 4.78 is 11.0. The van der Waals surface area contributed by atoms with Gasteiger partial charge in [-0.05, 0) is 68.8 Å². The minimum absolute atomic E-state index is 0.438. The Hall–Kier alpha value is -1.06. The van der Waals surface area contributed by atoms with E-state index in [1.165, 1.54) is 30.4 Å². The van der Waals surface area contributed by atoms with Crippen molar-refractivity contribution < 1.29 is 9.47 Å². The van der Waals surface area contributed by atoms with Gasteiger partial charge in [-0.25, -0.2) is 0 Å². The van der Waals surface area contributed by atoms with Crippen molar-refractivity contribution >= 4 is 0 Å². The average molecular weight is 291 g/mol. The van der Waals surface area contributed by atoms with Crippen molar-refractivity contribution in [3.05, 3.63) is 29.3 Å². The number of methoxy groups -OCH3 is 1. The Morgan fingerprint density at radius 3 is 2.62 bits per heavy atom. The van der Waals surface area contributed by atoms with E-state index in [1.807, 2.05) is 0 Å². The van der Waals surface area contributed by atoms with Gasteiger partial charge in [0.05, 0.1) is 13.2 Å². The van der Waals surface area contributed by atoms with Crippen molar-refractivity contribution in [2.75, 3.05) is 20.3 Å². The number of hydrogen-bond donors (Lipinski definition) is 1. The minimum atomic E-state index is 0.438. The summed E-state index contributed by atoms with van der Waals surface area (Å²) in [4.78, 5) is 0. The first-order chi connectivity index (χ1) is 10.2. The van der Waals surface area contributed by atoms with E-state index >= 15 is 0 Å². The topological polar surface area (TPSA) is 30.5 Å². The van der Waals surface area contributed by atoms with E-state index in [0.717, 1.165) is 24.8 Å². The summed E-state index contributed by atoms with van der Waals surface area (Å²) in [6.45, 7) is 8.26. The van der Waals surface area contributed by atoms with E-state index in [2.05, 4.69) is 44.3 Å². The number of benzene rings is 1. The molecule has 118 valence electrons. The van der Waals surface area contributed by atoms with E-state index in [0.29, 0.717) is 12.1 Å². The molecule has 2 rings (SSSR count). The molecule has 1 aromatic rings. The van der Waals surface area contributed by atoms with Crippen LogP contribution in [0.25, 0.3) is 0 Å². The van der Waals surface area contributed by atoms with Crippen LogP contribution in [0.5, 0.6) is 5.75 Å². The number of nitrogens with one attached hydrogen (secondary N) is 1. The molecule has 1 fully saturated rings. The molecule has 0 bridgehead atoms. The summed E-state index contributed by atoms with van der Waals surface area (Å²) in [5.41, 5.74) is 2.71. The van der Waals surface area contributed by atoms with Crippen LogP contribution in [0, 0.1) is 12.8 Å². The standard InChI is InChI=1S/C18H29NO2/c1-5-19-18(12-14-10-16(11-14)21-6-2)17-8-7-15(20-4)9-13(17)3/h7-9,14,16,18-19H,5-6,10-12H2,1-4H3. The predicted octanol–water partition coefficient (Wildman–Crippen LogP) is 3.86. The second-order valence-electron chi connectivity index (χ2n) is 5.98. The van der Waals surface area contributed by atoms with Gasteiger partial charge < -0.3 is 14.8 Å². The lowest BCUT2D eigenvalue weighted by molar-refractivity contribution is -0.0291. The number of rotatable bonds is 8. The van der Waals surface area contributed by atoms with Crippen molar-refractivity contribution in [2.24, 2.45) is 5.92 Å². The smallest absolute Gasteiger partial charge is 0.119 e. The van der Waals surface area contributed by atoms with Crippen LogP contribution >= 0.6 is 0 Å². The molecule has 1 N–H and O–H groups in total. The van der Waals surface area contributed by atoms with Gasteiger partial charge in [-0.1, -0.05) is 13.0 Å². The summed E-state index contributed by atoms with van der Waals surface area (Å²) in [5.74, 6) is 1.72. The molecule has 0 radical (unpaired) electrons. The van der Waals surface area contributed by atoms with Crippen LogP contribution in [0.15, 0.2) is 18.2 Å². The first-order valence-electron chi connectivity index (χ1n) is 8.17. The fourth-order valence-corrected chi connectivity index (χ4v) is 3.30. The van der Waals surface area contributed by atoms with E-state index in [4.69, 9.17) is 9.47 Å². The average Bonchev–Trinajstić information content (AvgIpc) is 2.44. The third-order valence-electron chi connectivity index (χ3n) is 4.47. The van der Waals surface area contributed by atoms with E-state index in [1.54, 1.807) is 7.11 Å². The van der Waals surface area contributed by atoms with E-state index in [-0.39, 0.29) is 0 Å². The highest BCUT2D eigenvalue weighted by molar-refractivity contribution is 5.36. The lowest BCUT2D eigenvalue weighted by Gasteiger charge is -2.37. The number of hydrogen-bond acceptors (Lipinski definition) is 3. The van der Waals surface area contributed by atoms with Gasteiger partial charge in [-0.15, -0.1) is 0 Å². The molecule has 0 spiro atoms. The molecule has 1 atom stereocenters. The molecule has 1 saturated carbocycles. The summed E-state index contributed by atoms with van der Waals surface area (Å²) in [6.07, 6.45) is 4.12. The molecule has 0 aromatic heterocycles. The summed E-state index contributed by atoms with van der Waals surface area (Å²) in [6, 6.07) is 6.84. The molecule has 0 heterocycles. The Kier molecular flexibility index (Phi) is 6.07. The largest absolute Gasteiger partial charge is 0.497 e. The Morgan fingerprint density at radius 2 is 2.05 bits per heavy atom. The molecule has 0 aliphatic heterocycles. The fraction of sp³-hybridized carbons (Fsp3) is 0.667. The summed E-state index contributed by atoms with van der Waals surface area (Å²) in [7, 11) is 1.72. The predicted molar refractivity (Wildman–Crippen MR) is 86.9 cm³/mol. The zero-order valence-corrected chi connectivity index (χ0v) is 13.8. The second-order valence-corrected chi connectivity index (χ2v) is 5.98. The minimum Gasteiger partial charge on any atom is -0.497 e. The molecular weight excluding hydrogens is 262 g/mol. The first-order valence-corrected chi connectivity index (χ1v) is 8.17. The van der Waals surface area contributed by atoms with Crippen molar-refractivity contribution in [1.29, 1.82) is 0 Å². The quantitative estimate of drug-likeness (QED) is 0.789. The molecule has 1 aromatic carbocycles. The Balaban J connectivity index is 1.99. The highest BCUT2D eigenvalue weighted by Crippen LogP contribution is 2.37. The maximum absolute atomic E-state index is 5.67. The van der Waals surface area contributed by atoms with Gasteiger partial charge in [0.15, 0.2) is 0 Å². The molecule has 21 heavy (non-hydrogen) atoms. The van der Waals surface area contributed by atoms with Crippen LogP contribution in [-0.4, -0.2) is 26.4 Å². The van der Waals surface area contributed by atoms with Crippen LogP contribution in [0.4, 0.5) is 0 Å². The van der Waals surface area contributed by atoms with Gasteiger partial charge in [0.25, 0.3) is 0 Å². The van der Waals surface area contributed by atoms with E-state index < -0.39 is 0 Å². The summed E-state index contributed by atoms with van der Waals surface area (Å²) >= 11 is 0. The maximum atomic E-state index is 5.67. The van der Waals surface area contributed by atoms with Gasteiger partial charge in [0.1, 0.15) is 5.75 Å². The lowest BCUT2D eigenvalue weighted by atomic mass is 9.77. The maximum Gasteiger partial charge on any atom is 0.119 e. The van der Waals surface area contributed by atoms with Crippen molar-refractivity contribution in [1.82, 2.24) is 5.32 Å². The van der Waals surface area contributed by atoms with Crippen LogP contribution in [0.2, 0.25) is 0 Å². The lowest BCUT2D eigenvalue weighted by Crippen LogP contribution is -2.35. The van der Waals surface area contributed by atoms with Gasteiger partial charge in [-0.2, -0.15) is 0 Å². The van der Waals surface area contributed by atoms with Gasteiger partial charge in [0.2, 0.25) is 0 Å². The third kappa shape index (κ3) is 4.21. The van der Waals surface area contributed by atoms with Crippen molar-refractivity contribution in [3.8, 4) is 5.75 Å². The van der Waals surface area contributed by atoms with Crippen LogP contribution in [0.1, 0.15) is 50.3 Å². The molecule has 1 aliphatic rings. The second kappa shape index (κ2) is 7.81. The van der Waals surface area contributed by atoms with Crippen LogP contribution in [-0.2, 0) is 4.74 Å². The SMILES string of the molecule is CCNC(CC1CC(OCC)C1)c1ccc(OC)cc1C. The molecular formula is C18H29NO2. The highest BCUT2D eigenvalue weighted by atomic mass is 16.5. The van der Waals surface area contributed by atoms with Gasteiger partial charge >= 0.3 is 0 Å². The normalized spacial score (nSPS) is 22.7. The Morgan fingerprint density at radius 1 is 1.29 bits per heavy atom. The van der Waals surface area contributed by atoms with Crippen molar-refractivity contribution in [2.45, 2.75) is 52.2 Å². The van der Waals surface area contributed by atoms with Gasteiger partial charge in [-0.3, -0.25) is 0 Å². The molecule has 0 amide bonds. The van der Waals surface area contributed by atoms with E-state index in [9.17, 15) is 0 Å². The molecule has 1 unspecified atom stereocenters. The molecule has 1 aliphatic carbocycles. The Bertz CT molecular complexity index is 441. The van der Waals surface area contributed by atoms with Crippen LogP contribution in [0.3, 0.4) is 0 Å². The first kappa shape index (κ1) is 16.3. The molecule has 3 nitrogen and oxygen atoms in total.